The SMILES string of the molecule is CC(C)NCc1nnc(NCCc2nccs2)o1. The van der Waals surface area contributed by atoms with Crippen LogP contribution in [-0.2, 0) is 13.0 Å². The second-order valence-corrected chi connectivity index (χ2v) is 5.12. The Labute approximate surface area is 110 Å². The highest BCUT2D eigenvalue weighted by Gasteiger charge is 2.05. The van der Waals surface area contributed by atoms with Gasteiger partial charge in [-0.2, -0.15) is 0 Å². The summed E-state index contributed by atoms with van der Waals surface area (Å²) < 4.78 is 5.44. The number of anilines is 1. The highest BCUT2D eigenvalue weighted by molar-refractivity contribution is 7.09. The summed E-state index contributed by atoms with van der Waals surface area (Å²) in [7, 11) is 0. The lowest BCUT2D eigenvalue weighted by molar-refractivity contribution is 0.458. The van der Waals surface area contributed by atoms with Gasteiger partial charge in [0.15, 0.2) is 0 Å². The first-order chi connectivity index (χ1) is 8.74. The first-order valence-corrected chi connectivity index (χ1v) is 6.80. The van der Waals surface area contributed by atoms with E-state index in [4.69, 9.17) is 4.42 Å². The van der Waals surface area contributed by atoms with Gasteiger partial charge in [0.1, 0.15) is 0 Å². The molecule has 0 aliphatic carbocycles. The van der Waals surface area contributed by atoms with E-state index in [1.807, 2.05) is 11.6 Å². The summed E-state index contributed by atoms with van der Waals surface area (Å²) in [6.07, 6.45) is 2.67. The Hall–Kier alpha value is -1.47. The highest BCUT2D eigenvalue weighted by Crippen LogP contribution is 2.07. The van der Waals surface area contributed by atoms with Crippen molar-refractivity contribution < 1.29 is 4.42 Å². The van der Waals surface area contributed by atoms with E-state index < -0.39 is 0 Å². The minimum Gasteiger partial charge on any atom is -0.407 e. The van der Waals surface area contributed by atoms with Crippen LogP contribution in [0.4, 0.5) is 6.01 Å². The topological polar surface area (TPSA) is 75.9 Å². The second kappa shape index (κ2) is 6.46. The fraction of sp³-hybridized carbons (Fsp3) is 0.545. The van der Waals surface area contributed by atoms with Crippen molar-refractivity contribution in [1.29, 1.82) is 0 Å². The Morgan fingerprint density at radius 1 is 1.39 bits per heavy atom. The summed E-state index contributed by atoms with van der Waals surface area (Å²) in [5, 5.41) is 17.3. The average Bonchev–Trinajstić information content (AvgIpc) is 2.97. The van der Waals surface area contributed by atoms with Gasteiger partial charge in [0.05, 0.1) is 11.6 Å². The van der Waals surface area contributed by atoms with Crippen molar-refractivity contribution in [3.8, 4) is 0 Å². The third-order valence-corrected chi connectivity index (χ3v) is 3.07. The van der Waals surface area contributed by atoms with E-state index >= 15 is 0 Å². The van der Waals surface area contributed by atoms with Crippen LogP contribution in [0.3, 0.4) is 0 Å². The average molecular weight is 267 g/mol. The zero-order chi connectivity index (χ0) is 12.8. The zero-order valence-electron chi connectivity index (χ0n) is 10.5. The Balaban J connectivity index is 1.73. The molecule has 0 fully saturated rings. The van der Waals surface area contributed by atoms with Gasteiger partial charge in [0, 0.05) is 30.6 Å². The summed E-state index contributed by atoms with van der Waals surface area (Å²) in [5.74, 6) is 0.598. The van der Waals surface area contributed by atoms with E-state index in [2.05, 4.69) is 39.7 Å². The lowest BCUT2D eigenvalue weighted by Gasteiger charge is -2.03. The summed E-state index contributed by atoms with van der Waals surface area (Å²) in [5.41, 5.74) is 0. The van der Waals surface area contributed by atoms with Gasteiger partial charge in [-0.1, -0.05) is 18.9 Å². The van der Waals surface area contributed by atoms with Crippen molar-refractivity contribution in [2.24, 2.45) is 0 Å². The molecular weight excluding hydrogens is 250 g/mol. The molecule has 6 nitrogen and oxygen atoms in total. The van der Waals surface area contributed by atoms with Crippen molar-refractivity contribution in [3.05, 3.63) is 22.5 Å². The lowest BCUT2D eigenvalue weighted by atomic mass is 10.4. The molecule has 2 aromatic heterocycles. The van der Waals surface area contributed by atoms with Crippen LogP contribution in [-0.4, -0.2) is 27.8 Å². The molecule has 18 heavy (non-hydrogen) atoms. The largest absolute Gasteiger partial charge is 0.407 e. The number of hydrogen-bond donors (Lipinski definition) is 2. The predicted octanol–water partition coefficient (Wildman–Crippen LogP) is 1.68. The molecule has 98 valence electrons. The van der Waals surface area contributed by atoms with Crippen LogP contribution in [0, 0.1) is 0 Å². The van der Waals surface area contributed by atoms with Crippen LogP contribution in [0.25, 0.3) is 0 Å². The summed E-state index contributed by atoms with van der Waals surface area (Å²) in [4.78, 5) is 4.20. The second-order valence-electron chi connectivity index (χ2n) is 4.14. The number of hydrogen-bond acceptors (Lipinski definition) is 7. The molecule has 2 aromatic rings. The van der Waals surface area contributed by atoms with Crippen molar-refractivity contribution >= 4 is 17.4 Å². The maximum Gasteiger partial charge on any atom is 0.315 e. The monoisotopic (exact) mass is 267 g/mol. The van der Waals surface area contributed by atoms with Crippen molar-refractivity contribution in [1.82, 2.24) is 20.5 Å². The van der Waals surface area contributed by atoms with Gasteiger partial charge in [-0.25, -0.2) is 4.98 Å². The van der Waals surface area contributed by atoms with Crippen LogP contribution in [0.5, 0.6) is 0 Å². The fourth-order valence-electron chi connectivity index (χ4n) is 1.34. The first kappa shape index (κ1) is 13.0. The lowest BCUT2D eigenvalue weighted by Crippen LogP contribution is -2.21. The number of nitrogens with one attached hydrogen (secondary N) is 2. The van der Waals surface area contributed by atoms with Gasteiger partial charge in [-0.05, 0) is 0 Å². The fourth-order valence-corrected chi connectivity index (χ4v) is 1.96. The number of thiazole rings is 1. The smallest absolute Gasteiger partial charge is 0.315 e. The van der Waals surface area contributed by atoms with E-state index in [-0.39, 0.29) is 0 Å². The third kappa shape index (κ3) is 4.08. The molecule has 0 aliphatic rings. The van der Waals surface area contributed by atoms with Gasteiger partial charge in [-0.3, -0.25) is 0 Å². The Morgan fingerprint density at radius 2 is 2.28 bits per heavy atom. The Bertz CT molecular complexity index is 454. The minimum absolute atomic E-state index is 0.401. The Morgan fingerprint density at radius 3 is 3.00 bits per heavy atom. The number of rotatable bonds is 7. The van der Waals surface area contributed by atoms with Crippen LogP contribution in [0.2, 0.25) is 0 Å². The predicted molar refractivity (Wildman–Crippen MR) is 70.6 cm³/mol. The van der Waals surface area contributed by atoms with Gasteiger partial charge in [0.25, 0.3) is 0 Å². The molecule has 7 heteroatoms. The van der Waals surface area contributed by atoms with Gasteiger partial charge in [0.2, 0.25) is 5.89 Å². The molecule has 0 unspecified atom stereocenters. The third-order valence-electron chi connectivity index (χ3n) is 2.23. The molecule has 0 atom stereocenters. The maximum absolute atomic E-state index is 5.44. The first-order valence-electron chi connectivity index (χ1n) is 5.92. The van der Waals surface area contributed by atoms with Gasteiger partial charge < -0.3 is 15.1 Å². The molecule has 2 rings (SSSR count). The number of aromatic nitrogens is 3. The van der Waals surface area contributed by atoms with E-state index in [0.717, 1.165) is 18.0 Å². The van der Waals surface area contributed by atoms with Crippen LogP contribution >= 0.6 is 11.3 Å². The van der Waals surface area contributed by atoms with E-state index in [9.17, 15) is 0 Å². The molecule has 0 aromatic carbocycles. The van der Waals surface area contributed by atoms with E-state index in [1.165, 1.54) is 0 Å². The zero-order valence-corrected chi connectivity index (χ0v) is 11.3. The van der Waals surface area contributed by atoms with E-state index in [0.29, 0.717) is 24.5 Å². The molecule has 0 amide bonds. The van der Waals surface area contributed by atoms with Crippen molar-refractivity contribution in [2.45, 2.75) is 32.9 Å². The molecule has 0 spiro atoms. The van der Waals surface area contributed by atoms with Crippen molar-refractivity contribution in [3.63, 3.8) is 0 Å². The standard InChI is InChI=1S/C11H17N5OS/c1-8(2)14-7-9-15-16-11(17-9)13-4-3-10-12-5-6-18-10/h5-6,8,14H,3-4,7H2,1-2H3,(H,13,16). The summed E-state index contributed by atoms with van der Waals surface area (Å²) in [6, 6.07) is 0.866. The van der Waals surface area contributed by atoms with Gasteiger partial charge in [-0.15, -0.1) is 16.4 Å². The molecule has 0 aliphatic heterocycles. The summed E-state index contributed by atoms with van der Waals surface area (Å²) in [6.45, 7) is 5.48. The molecule has 0 bridgehead atoms. The highest BCUT2D eigenvalue weighted by atomic mass is 32.1. The molecular formula is C11H17N5OS. The maximum atomic E-state index is 5.44. The molecule has 0 saturated heterocycles. The van der Waals surface area contributed by atoms with Crippen LogP contribution in [0.1, 0.15) is 24.7 Å². The van der Waals surface area contributed by atoms with Gasteiger partial charge >= 0.3 is 6.01 Å². The molecule has 2 heterocycles. The van der Waals surface area contributed by atoms with Crippen LogP contribution in [0.15, 0.2) is 16.0 Å². The Kier molecular flexibility index (Phi) is 4.66. The quantitative estimate of drug-likeness (QED) is 0.795. The molecule has 0 radical (unpaired) electrons. The number of nitrogens with zero attached hydrogens (tertiary/aromatic N) is 3. The molecule has 0 saturated carbocycles. The normalized spacial score (nSPS) is 11.1. The molecule has 2 N–H and O–H groups in total. The summed E-state index contributed by atoms with van der Waals surface area (Å²) >= 11 is 1.65. The van der Waals surface area contributed by atoms with Crippen molar-refractivity contribution in [2.75, 3.05) is 11.9 Å². The van der Waals surface area contributed by atoms with E-state index in [1.54, 1.807) is 11.3 Å². The minimum atomic E-state index is 0.401. The van der Waals surface area contributed by atoms with Crippen LogP contribution < -0.4 is 10.6 Å².